The summed E-state index contributed by atoms with van der Waals surface area (Å²) in [5.74, 6) is 0.244. The van der Waals surface area contributed by atoms with Crippen molar-refractivity contribution < 1.29 is 13.5 Å². The quantitative estimate of drug-likeness (QED) is 0.874. The van der Waals surface area contributed by atoms with Crippen LogP contribution in [0, 0.1) is 5.92 Å². The minimum Gasteiger partial charge on any atom is -0.393 e. The second kappa shape index (κ2) is 6.05. The van der Waals surface area contributed by atoms with Gasteiger partial charge in [-0.1, -0.05) is 23.7 Å². The zero-order valence-corrected chi connectivity index (χ0v) is 11.9. The number of nitrogens with one attached hydrogen (secondary N) is 1. The summed E-state index contributed by atoms with van der Waals surface area (Å²) in [6, 6.07) is 6.90. The van der Waals surface area contributed by atoms with Crippen molar-refractivity contribution in [1.82, 2.24) is 4.72 Å². The van der Waals surface area contributed by atoms with Crippen LogP contribution in [0.15, 0.2) is 29.7 Å². The molecule has 1 aliphatic carbocycles. The smallest absolute Gasteiger partial charge is 0.233 e. The fourth-order valence-electron chi connectivity index (χ4n) is 1.89. The highest BCUT2D eigenvalue weighted by molar-refractivity contribution is 7.92. The van der Waals surface area contributed by atoms with Crippen molar-refractivity contribution in [3.8, 4) is 0 Å². The van der Waals surface area contributed by atoms with Crippen molar-refractivity contribution in [1.29, 1.82) is 0 Å². The largest absolute Gasteiger partial charge is 0.393 e. The Balaban J connectivity index is 1.87. The summed E-state index contributed by atoms with van der Waals surface area (Å²) < 4.78 is 25.9. The number of sulfonamides is 1. The lowest BCUT2D eigenvalue weighted by Crippen LogP contribution is -2.37. The monoisotopic (exact) mass is 301 g/mol. The third-order valence-electron chi connectivity index (χ3n) is 3.09. The molecule has 1 aromatic carbocycles. The molecule has 0 aliphatic heterocycles. The van der Waals surface area contributed by atoms with Crippen LogP contribution in [-0.4, -0.2) is 26.2 Å². The molecule has 4 nitrogen and oxygen atoms in total. The fourth-order valence-corrected chi connectivity index (χ4v) is 2.92. The van der Waals surface area contributed by atoms with Gasteiger partial charge in [-0.15, -0.1) is 0 Å². The summed E-state index contributed by atoms with van der Waals surface area (Å²) in [6.45, 7) is 0.379. The van der Waals surface area contributed by atoms with E-state index in [0.29, 0.717) is 24.4 Å². The predicted molar refractivity (Wildman–Crippen MR) is 76.1 cm³/mol. The maximum atomic E-state index is 11.7. The second-order valence-electron chi connectivity index (χ2n) is 4.74. The van der Waals surface area contributed by atoms with E-state index in [-0.39, 0.29) is 12.0 Å². The molecule has 1 aliphatic rings. The summed E-state index contributed by atoms with van der Waals surface area (Å²) in [4.78, 5) is 0. The van der Waals surface area contributed by atoms with E-state index >= 15 is 0 Å². The van der Waals surface area contributed by atoms with Crippen LogP contribution in [-0.2, 0) is 10.0 Å². The Morgan fingerprint density at radius 2 is 1.95 bits per heavy atom. The lowest BCUT2D eigenvalue weighted by Gasteiger charge is -2.31. The standard InChI is InChI=1S/C13H16ClNO3S/c14-12-3-1-10(2-4-12)5-6-19(17,18)15-9-11-7-13(16)8-11/h1-6,11,13,15-16H,7-9H2. The lowest BCUT2D eigenvalue weighted by atomic mass is 9.83. The molecule has 0 radical (unpaired) electrons. The maximum Gasteiger partial charge on any atom is 0.233 e. The Morgan fingerprint density at radius 3 is 2.53 bits per heavy atom. The van der Waals surface area contributed by atoms with Crippen LogP contribution >= 0.6 is 11.6 Å². The topological polar surface area (TPSA) is 66.4 Å². The van der Waals surface area contributed by atoms with Gasteiger partial charge >= 0.3 is 0 Å². The first-order chi connectivity index (χ1) is 8.94. The Bertz CT molecular complexity index is 548. The molecule has 2 rings (SSSR count). The van der Waals surface area contributed by atoms with Gasteiger partial charge in [-0.2, -0.15) is 0 Å². The molecule has 104 valence electrons. The van der Waals surface area contributed by atoms with Crippen molar-refractivity contribution in [3.05, 3.63) is 40.3 Å². The molecule has 0 heterocycles. The summed E-state index contributed by atoms with van der Waals surface area (Å²) in [5, 5.41) is 10.9. The van der Waals surface area contributed by atoms with Crippen molar-refractivity contribution in [3.63, 3.8) is 0 Å². The molecule has 1 fully saturated rings. The first-order valence-electron chi connectivity index (χ1n) is 6.06. The molecule has 0 aromatic heterocycles. The number of hydrogen-bond donors (Lipinski definition) is 2. The third kappa shape index (κ3) is 4.62. The molecule has 0 atom stereocenters. The van der Waals surface area contributed by atoms with Crippen molar-refractivity contribution in [2.24, 2.45) is 5.92 Å². The Kier molecular flexibility index (Phi) is 4.62. The van der Waals surface area contributed by atoms with Crippen LogP contribution in [0.4, 0.5) is 0 Å². The molecule has 2 N–H and O–H groups in total. The van der Waals surface area contributed by atoms with Crippen molar-refractivity contribution in [2.75, 3.05) is 6.54 Å². The van der Waals surface area contributed by atoms with Crippen LogP contribution in [0.2, 0.25) is 5.02 Å². The van der Waals surface area contributed by atoms with E-state index in [4.69, 9.17) is 16.7 Å². The molecule has 0 unspecified atom stereocenters. The van der Waals surface area contributed by atoms with Gasteiger partial charge in [0.25, 0.3) is 0 Å². The molecule has 1 aromatic rings. The number of hydrogen-bond acceptors (Lipinski definition) is 3. The normalized spacial score (nSPS) is 23.5. The van der Waals surface area contributed by atoms with E-state index in [9.17, 15) is 8.42 Å². The highest BCUT2D eigenvalue weighted by atomic mass is 35.5. The van der Waals surface area contributed by atoms with Crippen LogP contribution in [0.3, 0.4) is 0 Å². The first-order valence-corrected chi connectivity index (χ1v) is 7.98. The Hall–Kier alpha value is -0.880. The zero-order chi connectivity index (χ0) is 13.9. The van der Waals surface area contributed by atoms with Crippen LogP contribution < -0.4 is 4.72 Å². The van der Waals surface area contributed by atoms with E-state index in [1.54, 1.807) is 24.3 Å². The summed E-state index contributed by atoms with van der Waals surface area (Å²) in [7, 11) is -3.42. The van der Waals surface area contributed by atoms with Gasteiger partial charge in [0, 0.05) is 17.0 Å². The molecular formula is C13H16ClNO3S. The van der Waals surface area contributed by atoms with Gasteiger partial charge in [-0.3, -0.25) is 0 Å². The van der Waals surface area contributed by atoms with Crippen LogP contribution in [0.25, 0.3) is 6.08 Å². The summed E-state index contributed by atoms with van der Waals surface area (Å²) >= 11 is 5.75. The predicted octanol–water partition coefficient (Wildman–Crippen LogP) is 2.00. The van der Waals surface area contributed by atoms with Gasteiger partial charge in [0.15, 0.2) is 0 Å². The SMILES string of the molecule is O=S(=O)(C=Cc1ccc(Cl)cc1)NCC1CC(O)C1. The molecule has 0 spiro atoms. The molecule has 1 saturated carbocycles. The van der Waals surface area contributed by atoms with E-state index < -0.39 is 10.0 Å². The third-order valence-corrected chi connectivity index (χ3v) is 4.41. The van der Waals surface area contributed by atoms with E-state index in [0.717, 1.165) is 11.0 Å². The minimum absolute atomic E-state index is 0.244. The molecular weight excluding hydrogens is 286 g/mol. The fraction of sp³-hybridized carbons (Fsp3) is 0.385. The summed E-state index contributed by atoms with van der Waals surface area (Å²) in [6.07, 6.45) is 2.60. The van der Waals surface area contributed by atoms with Gasteiger partial charge in [0.1, 0.15) is 0 Å². The van der Waals surface area contributed by atoms with Crippen molar-refractivity contribution in [2.45, 2.75) is 18.9 Å². The maximum absolute atomic E-state index is 11.7. The molecule has 6 heteroatoms. The van der Waals surface area contributed by atoms with Gasteiger partial charge in [0.05, 0.1) is 6.10 Å². The lowest BCUT2D eigenvalue weighted by molar-refractivity contribution is 0.0453. The van der Waals surface area contributed by atoms with Crippen LogP contribution in [0.5, 0.6) is 0 Å². The van der Waals surface area contributed by atoms with Gasteiger partial charge in [-0.25, -0.2) is 13.1 Å². The Labute approximate surface area is 118 Å². The molecule has 19 heavy (non-hydrogen) atoms. The van der Waals surface area contributed by atoms with Gasteiger partial charge in [0.2, 0.25) is 10.0 Å². The second-order valence-corrected chi connectivity index (χ2v) is 6.83. The van der Waals surface area contributed by atoms with Gasteiger partial charge < -0.3 is 5.11 Å². The highest BCUT2D eigenvalue weighted by Crippen LogP contribution is 2.26. The minimum atomic E-state index is -3.42. The zero-order valence-electron chi connectivity index (χ0n) is 10.3. The molecule has 0 saturated heterocycles. The Morgan fingerprint density at radius 1 is 1.32 bits per heavy atom. The summed E-state index contributed by atoms with van der Waals surface area (Å²) in [5.41, 5.74) is 0.772. The first kappa shape index (κ1) is 14.5. The number of aliphatic hydroxyl groups excluding tert-OH is 1. The van der Waals surface area contributed by atoms with E-state index in [1.165, 1.54) is 6.08 Å². The van der Waals surface area contributed by atoms with E-state index in [1.807, 2.05) is 0 Å². The van der Waals surface area contributed by atoms with Gasteiger partial charge in [-0.05, 0) is 42.5 Å². The molecule has 0 amide bonds. The number of halogens is 1. The number of rotatable bonds is 5. The highest BCUT2D eigenvalue weighted by Gasteiger charge is 2.27. The number of benzene rings is 1. The molecule has 0 bridgehead atoms. The van der Waals surface area contributed by atoms with Crippen molar-refractivity contribution >= 4 is 27.7 Å². The average molecular weight is 302 g/mol. The number of aliphatic hydroxyl groups is 1. The van der Waals surface area contributed by atoms with E-state index in [2.05, 4.69) is 4.72 Å². The van der Waals surface area contributed by atoms with Crippen LogP contribution in [0.1, 0.15) is 18.4 Å². The average Bonchev–Trinajstić information content (AvgIpc) is 2.33.